The van der Waals surface area contributed by atoms with Gasteiger partial charge in [-0.15, -0.1) is 11.3 Å². The van der Waals surface area contributed by atoms with Crippen LogP contribution in [0.5, 0.6) is 5.75 Å². The number of nitrogens with zero attached hydrogens (tertiary/aromatic N) is 1. The number of rotatable bonds is 5. The first-order valence-electron chi connectivity index (χ1n) is 11.7. The number of ether oxygens (including phenoxy) is 1. The van der Waals surface area contributed by atoms with Crippen LogP contribution in [0.3, 0.4) is 0 Å². The van der Waals surface area contributed by atoms with Crippen molar-refractivity contribution in [3.05, 3.63) is 45.4 Å². The molecule has 166 valence electrons. The van der Waals surface area contributed by atoms with Crippen LogP contribution in [-0.4, -0.2) is 33.9 Å². The molecule has 1 heterocycles. The van der Waals surface area contributed by atoms with Crippen LogP contribution in [0.15, 0.2) is 23.6 Å². The molecule has 0 saturated heterocycles. The van der Waals surface area contributed by atoms with E-state index in [1.807, 2.05) is 0 Å². The van der Waals surface area contributed by atoms with Gasteiger partial charge in [-0.2, -0.15) is 0 Å². The highest BCUT2D eigenvalue weighted by molar-refractivity contribution is 7.09. The first-order valence-corrected chi connectivity index (χ1v) is 12.6. The van der Waals surface area contributed by atoms with E-state index in [9.17, 15) is 9.90 Å². The number of thiazole rings is 1. The molecule has 3 aliphatic carbocycles. The SMILES string of the molecule is O=C(O)c1csc([C@H]2CC[C@H]3[C@@H](C2)C[C@H](O)[C@@H]3COc2ccc3c(c2)CCCCC3)n1. The number of aromatic carboxylic acids is 1. The fourth-order valence-corrected chi connectivity index (χ4v) is 7.04. The summed E-state index contributed by atoms with van der Waals surface area (Å²) in [5, 5.41) is 22.5. The minimum Gasteiger partial charge on any atom is -0.493 e. The van der Waals surface area contributed by atoms with Gasteiger partial charge in [-0.05, 0) is 86.5 Å². The Hall–Kier alpha value is -1.92. The summed E-state index contributed by atoms with van der Waals surface area (Å²) in [6.45, 7) is 0.576. The summed E-state index contributed by atoms with van der Waals surface area (Å²) in [5.74, 6) is 1.42. The Kier molecular flexibility index (Phi) is 6.02. The summed E-state index contributed by atoms with van der Waals surface area (Å²) in [4.78, 5) is 15.5. The monoisotopic (exact) mass is 441 g/mol. The Bertz CT molecular complexity index is 941. The van der Waals surface area contributed by atoms with Gasteiger partial charge in [0.2, 0.25) is 0 Å². The maximum absolute atomic E-state index is 11.1. The predicted octanol–water partition coefficient (Wildman–Crippen LogP) is 5.07. The van der Waals surface area contributed by atoms with Crippen molar-refractivity contribution in [2.45, 2.75) is 69.8 Å². The van der Waals surface area contributed by atoms with E-state index in [0.29, 0.717) is 24.4 Å². The molecule has 1 aromatic heterocycles. The number of hydrogen-bond acceptors (Lipinski definition) is 5. The van der Waals surface area contributed by atoms with Gasteiger partial charge < -0.3 is 14.9 Å². The zero-order valence-electron chi connectivity index (χ0n) is 17.8. The van der Waals surface area contributed by atoms with Crippen molar-refractivity contribution in [2.24, 2.45) is 17.8 Å². The third kappa shape index (κ3) is 4.37. The Morgan fingerprint density at radius 3 is 2.77 bits per heavy atom. The lowest BCUT2D eigenvalue weighted by atomic mass is 9.73. The molecule has 2 N–H and O–H groups in total. The molecule has 5 atom stereocenters. The van der Waals surface area contributed by atoms with Crippen LogP contribution in [0.2, 0.25) is 0 Å². The number of hydrogen-bond donors (Lipinski definition) is 2. The number of carboxylic acids is 1. The van der Waals surface area contributed by atoms with E-state index < -0.39 is 5.97 Å². The summed E-state index contributed by atoms with van der Waals surface area (Å²) in [6, 6.07) is 6.55. The van der Waals surface area contributed by atoms with Crippen LogP contribution in [0.25, 0.3) is 0 Å². The number of aliphatic hydroxyl groups excluding tert-OH is 1. The van der Waals surface area contributed by atoms with E-state index in [1.165, 1.54) is 48.1 Å². The van der Waals surface area contributed by atoms with Crippen molar-refractivity contribution in [3.8, 4) is 5.75 Å². The second-order valence-corrected chi connectivity index (χ2v) is 10.5. The third-order valence-electron chi connectivity index (χ3n) is 7.73. The molecular weight excluding hydrogens is 410 g/mol. The molecule has 0 aliphatic heterocycles. The van der Waals surface area contributed by atoms with Crippen molar-refractivity contribution in [1.29, 1.82) is 0 Å². The number of carbonyl (C=O) groups is 1. The lowest BCUT2D eigenvalue weighted by Gasteiger charge is -2.33. The largest absolute Gasteiger partial charge is 0.493 e. The normalized spacial score (nSPS) is 30.3. The van der Waals surface area contributed by atoms with E-state index in [2.05, 4.69) is 23.2 Å². The van der Waals surface area contributed by atoms with Crippen LogP contribution in [0.1, 0.15) is 77.5 Å². The molecule has 0 unspecified atom stereocenters. The predicted molar refractivity (Wildman–Crippen MR) is 120 cm³/mol. The second-order valence-electron chi connectivity index (χ2n) is 9.58. The first kappa shape index (κ1) is 21.0. The topological polar surface area (TPSA) is 79.7 Å². The molecule has 5 nitrogen and oxygen atoms in total. The van der Waals surface area contributed by atoms with Gasteiger partial charge >= 0.3 is 5.97 Å². The first-order chi connectivity index (χ1) is 15.1. The van der Waals surface area contributed by atoms with Gasteiger partial charge in [0.05, 0.1) is 17.7 Å². The van der Waals surface area contributed by atoms with E-state index >= 15 is 0 Å². The van der Waals surface area contributed by atoms with Gasteiger partial charge in [0, 0.05) is 17.2 Å². The van der Waals surface area contributed by atoms with E-state index in [1.54, 1.807) is 5.38 Å². The number of carboxylic acid groups (broad SMARTS) is 1. The summed E-state index contributed by atoms with van der Waals surface area (Å²) < 4.78 is 6.22. The highest BCUT2D eigenvalue weighted by atomic mass is 32.1. The lowest BCUT2D eigenvalue weighted by Crippen LogP contribution is -2.29. The Morgan fingerprint density at radius 1 is 1.13 bits per heavy atom. The van der Waals surface area contributed by atoms with Crippen LogP contribution in [0.4, 0.5) is 0 Å². The van der Waals surface area contributed by atoms with Gasteiger partial charge in [-0.25, -0.2) is 9.78 Å². The lowest BCUT2D eigenvalue weighted by molar-refractivity contribution is 0.0689. The molecule has 0 amide bonds. The molecule has 6 heteroatoms. The summed E-state index contributed by atoms with van der Waals surface area (Å²) >= 11 is 1.46. The molecule has 2 fully saturated rings. The standard InChI is InChI=1S/C25H31NO4S/c27-23-12-18-10-17(24-26-22(14-31-24)25(28)29)7-9-20(18)21(23)13-30-19-8-6-15-4-2-1-3-5-16(15)11-19/h6,8,11,14,17-18,20-21,23,27H,1-5,7,9-10,12-13H2,(H,28,29)/t17-,18-,20-,21+,23-/m0/s1. The minimum atomic E-state index is -0.956. The smallest absolute Gasteiger partial charge is 0.355 e. The fraction of sp³-hybridized carbons (Fsp3) is 0.600. The van der Waals surface area contributed by atoms with Crippen molar-refractivity contribution >= 4 is 17.3 Å². The van der Waals surface area contributed by atoms with Crippen LogP contribution >= 0.6 is 11.3 Å². The molecule has 31 heavy (non-hydrogen) atoms. The van der Waals surface area contributed by atoms with Gasteiger partial charge in [0.25, 0.3) is 0 Å². The van der Waals surface area contributed by atoms with Crippen LogP contribution in [-0.2, 0) is 12.8 Å². The minimum absolute atomic E-state index is 0.153. The number of aryl methyl sites for hydroxylation is 2. The maximum atomic E-state index is 11.1. The van der Waals surface area contributed by atoms with Crippen molar-refractivity contribution in [3.63, 3.8) is 0 Å². The van der Waals surface area contributed by atoms with Crippen molar-refractivity contribution in [2.75, 3.05) is 6.61 Å². The summed E-state index contributed by atoms with van der Waals surface area (Å²) in [5.41, 5.74) is 3.06. The van der Waals surface area contributed by atoms with Crippen molar-refractivity contribution in [1.82, 2.24) is 4.98 Å². The van der Waals surface area contributed by atoms with Gasteiger partial charge in [0.1, 0.15) is 5.75 Å². The molecule has 0 bridgehead atoms. The van der Waals surface area contributed by atoms with Crippen molar-refractivity contribution < 1.29 is 19.7 Å². The molecule has 3 aliphatic rings. The zero-order valence-corrected chi connectivity index (χ0v) is 18.7. The van der Waals surface area contributed by atoms with E-state index in [4.69, 9.17) is 9.84 Å². The number of aliphatic hydroxyl groups is 1. The van der Waals surface area contributed by atoms with Crippen LogP contribution < -0.4 is 4.74 Å². The highest BCUT2D eigenvalue weighted by Crippen LogP contribution is 2.50. The molecule has 2 saturated carbocycles. The number of aromatic nitrogens is 1. The third-order valence-corrected chi connectivity index (χ3v) is 8.74. The van der Waals surface area contributed by atoms with E-state index in [-0.39, 0.29) is 17.7 Å². The van der Waals surface area contributed by atoms with Crippen LogP contribution in [0, 0.1) is 17.8 Å². The van der Waals surface area contributed by atoms with Gasteiger partial charge in [-0.1, -0.05) is 12.5 Å². The Labute approximate surface area is 187 Å². The Balaban J connectivity index is 1.21. The quantitative estimate of drug-likeness (QED) is 0.633. The number of fused-ring (bicyclic) bond motifs is 2. The maximum Gasteiger partial charge on any atom is 0.355 e. The average molecular weight is 442 g/mol. The molecule has 0 spiro atoms. The fourth-order valence-electron chi connectivity index (χ4n) is 6.09. The highest BCUT2D eigenvalue weighted by Gasteiger charge is 2.46. The molecule has 5 rings (SSSR count). The molecule has 0 radical (unpaired) electrons. The zero-order chi connectivity index (χ0) is 21.4. The van der Waals surface area contributed by atoms with Gasteiger partial charge in [0.15, 0.2) is 5.69 Å². The molecule has 2 aromatic rings. The summed E-state index contributed by atoms with van der Waals surface area (Å²) in [7, 11) is 0. The Morgan fingerprint density at radius 2 is 1.97 bits per heavy atom. The molecule has 1 aromatic carbocycles. The van der Waals surface area contributed by atoms with E-state index in [0.717, 1.165) is 42.9 Å². The second kappa shape index (κ2) is 8.91. The van der Waals surface area contributed by atoms with Gasteiger partial charge in [-0.3, -0.25) is 0 Å². The summed E-state index contributed by atoms with van der Waals surface area (Å²) in [6.07, 6.45) is 9.71. The molecular formula is C25H31NO4S. The average Bonchev–Trinajstić information content (AvgIpc) is 3.29. The number of benzene rings is 1.